The van der Waals surface area contributed by atoms with Crippen molar-refractivity contribution >= 4 is 26.4 Å². The van der Waals surface area contributed by atoms with E-state index in [0.717, 1.165) is 7.11 Å². The van der Waals surface area contributed by atoms with E-state index in [-0.39, 0.29) is 19.0 Å². The van der Waals surface area contributed by atoms with Gasteiger partial charge in [0.25, 0.3) is 20.2 Å². The van der Waals surface area contributed by atoms with Gasteiger partial charge in [-0.25, -0.2) is 4.79 Å². The maximum Gasteiger partial charge on any atom is 0.508 e. The summed E-state index contributed by atoms with van der Waals surface area (Å²) in [6.45, 7) is -0.278. The molecule has 2 fully saturated rings. The van der Waals surface area contributed by atoms with Crippen molar-refractivity contribution in [3.05, 3.63) is 0 Å². The SMILES string of the molecule is COS(=O)(=O)CC(C1COS(=O)(=O)C1)C1COC(=O)O1. The Morgan fingerprint density at radius 2 is 2.10 bits per heavy atom. The molecule has 0 bridgehead atoms. The fraction of sp³-hybridized carbons (Fsp3) is 0.889. The summed E-state index contributed by atoms with van der Waals surface area (Å²) in [4.78, 5) is 11.0. The molecule has 0 aromatic heterocycles. The van der Waals surface area contributed by atoms with Crippen LogP contribution in [0, 0.1) is 11.8 Å². The lowest BCUT2D eigenvalue weighted by molar-refractivity contribution is 0.0830. The third-order valence-corrected chi connectivity index (χ3v) is 5.86. The molecule has 2 saturated heterocycles. The lowest BCUT2D eigenvalue weighted by Gasteiger charge is -2.24. The Hall–Kier alpha value is -0.910. The molecule has 9 nitrogen and oxygen atoms in total. The first-order valence-corrected chi connectivity index (χ1v) is 8.87. The van der Waals surface area contributed by atoms with Gasteiger partial charge in [0.05, 0.1) is 25.2 Å². The lowest BCUT2D eigenvalue weighted by Crippen LogP contribution is -2.37. The van der Waals surface area contributed by atoms with Crippen LogP contribution in [-0.2, 0) is 38.1 Å². The average Bonchev–Trinajstić information content (AvgIpc) is 2.92. The van der Waals surface area contributed by atoms with Crippen LogP contribution in [0.15, 0.2) is 0 Å². The van der Waals surface area contributed by atoms with Gasteiger partial charge in [0.15, 0.2) is 0 Å². The zero-order chi connectivity index (χ0) is 15.0. The van der Waals surface area contributed by atoms with Gasteiger partial charge in [-0.15, -0.1) is 0 Å². The fourth-order valence-corrected chi connectivity index (χ4v) is 4.64. The highest BCUT2D eigenvalue weighted by atomic mass is 32.2. The van der Waals surface area contributed by atoms with Crippen molar-refractivity contribution < 1.29 is 39.5 Å². The molecule has 20 heavy (non-hydrogen) atoms. The van der Waals surface area contributed by atoms with Gasteiger partial charge in [0.1, 0.15) is 12.7 Å². The number of rotatable bonds is 5. The summed E-state index contributed by atoms with van der Waals surface area (Å²) in [5, 5.41) is 0. The van der Waals surface area contributed by atoms with E-state index in [4.69, 9.17) is 4.74 Å². The van der Waals surface area contributed by atoms with Crippen molar-refractivity contribution in [2.75, 3.05) is 31.8 Å². The number of ether oxygens (including phenoxy) is 2. The van der Waals surface area contributed by atoms with Gasteiger partial charge >= 0.3 is 6.16 Å². The summed E-state index contributed by atoms with van der Waals surface area (Å²) >= 11 is 0. The van der Waals surface area contributed by atoms with Gasteiger partial charge in [0, 0.05) is 11.8 Å². The van der Waals surface area contributed by atoms with E-state index in [0.29, 0.717) is 0 Å². The molecule has 2 aliphatic heterocycles. The molecular weight excluding hydrogens is 316 g/mol. The highest BCUT2D eigenvalue weighted by Gasteiger charge is 2.44. The van der Waals surface area contributed by atoms with E-state index in [1.807, 2.05) is 0 Å². The molecule has 116 valence electrons. The van der Waals surface area contributed by atoms with Crippen molar-refractivity contribution in [1.29, 1.82) is 0 Å². The Morgan fingerprint density at radius 3 is 2.55 bits per heavy atom. The van der Waals surface area contributed by atoms with Crippen LogP contribution in [-0.4, -0.2) is 60.9 Å². The van der Waals surface area contributed by atoms with Crippen LogP contribution < -0.4 is 0 Å². The van der Waals surface area contributed by atoms with E-state index in [1.54, 1.807) is 0 Å². The quantitative estimate of drug-likeness (QED) is 0.465. The second-order valence-corrected chi connectivity index (χ2v) is 8.01. The molecular formula is C9H14O9S2. The van der Waals surface area contributed by atoms with E-state index < -0.39 is 50.1 Å². The molecule has 0 N–H and O–H groups in total. The van der Waals surface area contributed by atoms with Crippen LogP contribution in [0.4, 0.5) is 4.79 Å². The normalized spacial score (nSPS) is 30.8. The van der Waals surface area contributed by atoms with Gasteiger partial charge in [-0.05, 0) is 0 Å². The number of carbonyl (C=O) groups is 1. The predicted molar refractivity (Wildman–Crippen MR) is 63.7 cm³/mol. The van der Waals surface area contributed by atoms with E-state index >= 15 is 0 Å². The Kier molecular flexibility index (Phi) is 4.23. The molecule has 0 spiro atoms. The number of hydrogen-bond donors (Lipinski definition) is 0. The van der Waals surface area contributed by atoms with Crippen molar-refractivity contribution in [3.8, 4) is 0 Å². The van der Waals surface area contributed by atoms with Crippen LogP contribution in [0.3, 0.4) is 0 Å². The summed E-state index contributed by atoms with van der Waals surface area (Å²) in [7, 11) is -6.50. The molecule has 2 rings (SSSR count). The standard InChI is InChI=1S/C9H14O9S2/c1-15-19(11,12)5-7(8-3-16-9(10)18-8)6-2-17-20(13,14)4-6/h6-8H,2-5H2,1H3. The Bertz CT molecular complexity index is 579. The molecule has 11 heteroatoms. The van der Waals surface area contributed by atoms with Crippen LogP contribution in [0.1, 0.15) is 0 Å². The first-order chi connectivity index (χ1) is 9.22. The minimum Gasteiger partial charge on any atom is -0.430 e. The maximum atomic E-state index is 11.6. The average molecular weight is 330 g/mol. The van der Waals surface area contributed by atoms with Crippen LogP contribution >= 0.6 is 0 Å². The number of cyclic esters (lactones) is 2. The maximum absolute atomic E-state index is 11.6. The molecule has 3 unspecified atom stereocenters. The minimum absolute atomic E-state index is 0.126. The summed E-state index contributed by atoms with van der Waals surface area (Å²) in [6.07, 6.45) is -1.74. The first kappa shape index (κ1) is 15.5. The monoisotopic (exact) mass is 330 g/mol. The minimum atomic E-state index is -3.85. The van der Waals surface area contributed by atoms with Crippen molar-refractivity contribution in [1.82, 2.24) is 0 Å². The summed E-state index contributed by atoms with van der Waals surface area (Å²) in [6, 6.07) is 0. The van der Waals surface area contributed by atoms with E-state index in [1.165, 1.54) is 0 Å². The molecule has 0 aromatic carbocycles. The van der Waals surface area contributed by atoms with Gasteiger partial charge in [-0.3, -0.25) is 8.37 Å². The third-order valence-electron chi connectivity index (χ3n) is 3.23. The molecule has 0 amide bonds. The second-order valence-electron chi connectivity index (χ2n) is 4.54. The summed E-state index contributed by atoms with van der Waals surface area (Å²) < 4.78 is 64.3. The molecule has 0 radical (unpaired) electrons. The molecule has 3 atom stereocenters. The predicted octanol–water partition coefficient (Wildman–Crippen LogP) is -0.910. The first-order valence-electron chi connectivity index (χ1n) is 5.71. The third kappa shape index (κ3) is 3.59. The van der Waals surface area contributed by atoms with E-state index in [9.17, 15) is 21.6 Å². The largest absolute Gasteiger partial charge is 0.508 e. The van der Waals surface area contributed by atoms with Crippen molar-refractivity contribution in [2.45, 2.75) is 6.10 Å². The Balaban J connectivity index is 2.18. The molecule has 0 aliphatic carbocycles. The van der Waals surface area contributed by atoms with Gasteiger partial charge < -0.3 is 9.47 Å². The van der Waals surface area contributed by atoms with Crippen molar-refractivity contribution in [3.63, 3.8) is 0 Å². The summed E-state index contributed by atoms with van der Waals surface area (Å²) in [5.41, 5.74) is 0. The zero-order valence-electron chi connectivity index (χ0n) is 10.6. The summed E-state index contributed by atoms with van der Waals surface area (Å²) in [5.74, 6) is -2.19. The molecule has 2 heterocycles. The topological polar surface area (TPSA) is 122 Å². The Labute approximate surface area is 116 Å². The van der Waals surface area contributed by atoms with E-state index in [2.05, 4.69) is 13.1 Å². The highest BCUT2D eigenvalue weighted by molar-refractivity contribution is 7.87. The van der Waals surface area contributed by atoms with Crippen LogP contribution in [0.25, 0.3) is 0 Å². The molecule has 2 aliphatic rings. The van der Waals surface area contributed by atoms with Crippen LogP contribution in [0.5, 0.6) is 0 Å². The second kappa shape index (κ2) is 5.47. The number of carbonyl (C=O) groups excluding carboxylic acids is 1. The van der Waals surface area contributed by atoms with Gasteiger partial charge in [0.2, 0.25) is 0 Å². The van der Waals surface area contributed by atoms with Crippen LogP contribution in [0.2, 0.25) is 0 Å². The lowest BCUT2D eigenvalue weighted by atomic mass is 9.91. The fourth-order valence-electron chi connectivity index (χ4n) is 2.20. The smallest absolute Gasteiger partial charge is 0.430 e. The van der Waals surface area contributed by atoms with Gasteiger partial charge in [-0.2, -0.15) is 16.8 Å². The molecule has 0 saturated carbocycles. The van der Waals surface area contributed by atoms with Crippen molar-refractivity contribution in [2.24, 2.45) is 11.8 Å². The van der Waals surface area contributed by atoms with Gasteiger partial charge in [-0.1, -0.05) is 0 Å². The molecule has 0 aromatic rings. The zero-order valence-corrected chi connectivity index (χ0v) is 12.2. The Morgan fingerprint density at radius 1 is 1.40 bits per heavy atom. The number of hydrogen-bond acceptors (Lipinski definition) is 9. The highest BCUT2D eigenvalue weighted by Crippen LogP contribution is 2.30.